The molecule has 0 atom stereocenters. The van der Waals surface area contributed by atoms with Gasteiger partial charge in [-0.2, -0.15) is 10.2 Å². The number of rotatable bonds is 3. The molecule has 3 heterocycles. The van der Waals surface area contributed by atoms with Crippen molar-refractivity contribution in [1.29, 1.82) is 5.26 Å². The predicted molar refractivity (Wildman–Crippen MR) is 117 cm³/mol. The smallest absolute Gasteiger partial charge is 0.330 e. The second kappa shape index (κ2) is 6.48. The van der Waals surface area contributed by atoms with E-state index in [-0.39, 0.29) is 23.4 Å². The summed E-state index contributed by atoms with van der Waals surface area (Å²) in [6.07, 6.45) is 6.68. The molecular weight excluding hydrogens is 408 g/mol. The summed E-state index contributed by atoms with van der Waals surface area (Å²) in [5, 5.41) is 12.9. The lowest BCUT2D eigenvalue weighted by atomic mass is 9.58. The average molecular weight is 432 g/mol. The fraction of sp³-hybridized carbons (Fsp3) is 0.478. The monoisotopic (exact) mass is 432 g/mol. The number of fused-ring (bicyclic) bond motifs is 5. The van der Waals surface area contributed by atoms with E-state index in [0.717, 1.165) is 55.5 Å². The molecule has 9 heteroatoms. The van der Waals surface area contributed by atoms with Gasteiger partial charge in [-0.15, -0.1) is 0 Å². The maximum Gasteiger partial charge on any atom is 0.330 e. The van der Waals surface area contributed by atoms with E-state index in [1.807, 2.05) is 23.6 Å². The lowest BCUT2D eigenvalue weighted by Gasteiger charge is -2.50. The van der Waals surface area contributed by atoms with Crippen molar-refractivity contribution >= 4 is 22.8 Å². The molecule has 0 amide bonds. The Labute approximate surface area is 184 Å². The Morgan fingerprint density at radius 1 is 1.12 bits per heavy atom. The second-order valence-corrected chi connectivity index (χ2v) is 9.34. The normalized spacial score (nSPS) is 25.8. The van der Waals surface area contributed by atoms with E-state index in [9.17, 15) is 10.1 Å². The number of nitrogens with zero attached hydrogens (tertiary/aromatic N) is 5. The standard InChI is InChI=1S/C23H24N6O3/c1-14-9-17-18(32-13-31-17)10-15(14)26-20-25-11-16-19(27-20)29(21(30)28(16)2)23-6-3-22(12-24,4-7-23)5-8-23/h9-11H,3-8,13H2,1-2H3,(H,25,26,27). The molecule has 164 valence electrons. The molecule has 3 fully saturated rings. The highest BCUT2D eigenvalue weighted by Gasteiger charge is 2.51. The van der Waals surface area contributed by atoms with Crippen LogP contribution in [0.25, 0.3) is 11.2 Å². The van der Waals surface area contributed by atoms with Gasteiger partial charge in [0.2, 0.25) is 12.7 Å². The fourth-order valence-corrected chi connectivity index (χ4v) is 5.57. The molecule has 3 saturated carbocycles. The van der Waals surface area contributed by atoms with Gasteiger partial charge in [0.25, 0.3) is 0 Å². The van der Waals surface area contributed by atoms with Gasteiger partial charge in [-0.25, -0.2) is 9.78 Å². The minimum Gasteiger partial charge on any atom is -0.454 e. The van der Waals surface area contributed by atoms with Crippen LogP contribution in [0.15, 0.2) is 23.1 Å². The van der Waals surface area contributed by atoms with Crippen LogP contribution in [0.4, 0.5) is 11.6 Å². The number of hydrogen-bond donors (Lipinski definition) is 1. The van der Waals surface area contributed by atoms with Crippen molar-refractivity contribution in [3.63, 3.8) is 0 Å². The molecule has 32 heavy (non-hydrogen) atoms. The number of ether oxygens (including phenoxy) is 2. The van der Waals surface area contributed by atoms with Crippen molar-refractivity contribution in [2.45, 2.75) is 51.0 Å². The third kappa shape index (κ3) is 2.58. The molecule has 0 unspecified atom stereocenters. The summed E-state index contributed by atoms with van der Waals surface area (Å²) in [5.74, 6) is 1.83. The van der Waals surface area contributed by atoms with Crippen molar-refractivity contribution in [3.8, 4) is 17.6 Å². The summed E-state index contributed by atoms with van der Waals surface area (Å²) < 4.78 is 14.4. The molecule has 2 aromatic heterocycles. The Morgan fingerprint density at radius 3 is 2.50 bits per heavy atom. The van der Waals surface area contributed by atoms with Crippen LogP contribution in [0.5, 0.6) is 11.5 Å². The number of imidazole rings is 1. The van der Waals surface area contributed by atoms with E-state index >= 15 is 0 Å². The van der Waals surface area contributed by atoms with E-state index in [1.165, 1.54) is 0 Å². The second-order valence-electron chi connectivity index (χ2n) is 9.34. The molecule has 1 aliphatic heterocycles. The van der Waals surface area contributed by atoms with E-state index in [1.54, 1.807) is 17.8 Å². The molecule has 1 aromatic carbocycles. The van der Waals surface area contributed by atoms with Crippen LogP contribution in [-0.2, 0) is 12.6 Å². The number of anilines is 2. The van der Waals surface area contributed by atoms with Gasteiger partial charge < -0.3 is 14.8 Å². The fourth-order valence-electron chi connectivity index (χ4n) is 5.57. The Kier molecular flexibility index (Phi) is 3.88. The van der Waals surface area contributed by atoms with E-state index < -0.39 is 0 Å². The van der Waals surface area contributed by atoms with Crippen LogP contribution in [0.2, 0.25) is 0 Å². The van der Waals surface area contributed by atoms with Crippen molar-refractivity contribution in [3.05, 3.63) is 34.4 Å². The molecule has 0 saturated heterocycles. The Balaban J connectivity index is 1.42. The molecule has 3 aromatic rings. The van der Waals surface area contributed by atoms with Gasteiger partial charge in [0, 0.05) is 18.8 Å². The maximum absolute atomic E-state index is 13.3. The van der Waals surface area contributed by atoms with Gasteiger partial charge in [0.1, 0.15) is 5.52 Å². The van der Waals surface area contributed by atoms with Gasteiger partial charge in [0.05, 0.1) is 23.2 Å². The molecule has 0 radical (unpaired) electrons. The highest BCUT2D eigenvalue weighted by molar-refractivity contribution is 5.74. The molecular formula is C23H24N6O3. The third-order valence-electron chi connectivity index (χ3n) is 7.69. The molecule has 1 N–H and O–H groups in total. The van der Waals surface area contributed by atoms with Crippen LogP contribution in [0, 0.1) is 23.7 Å². The number of aromatic nitrogens is 4. The van der Waals surface area contributed by atoms with Crippen LogP contribution in [0.1, 0.15) is 44.1 Å². The number of nitrogens with one attached hydrogen (secondary N) is 1. The maximum atomic E-state index is 13.3. The Bertz CT molecular complexity index is 1340. The zero-order valence-electron chi connectivity index (χ0n) is 18.1. The minimum atomic E-state index is -0.282. The molecule has 2 bridgehead atoms. The first-order chi connectivity index (χ1) is 15.4. The lowest BCUT2D eigenvalue weighted by molar-refractivity contribution is 0.0350. The van der Waals surface area contributed by atoms with Gasteiger partial charge >= 0.3 is 5.69 Å². The van der Waals surface area contributed by atoms with Gasteiger partial charge in [-0.05, 0) is 57.1 Å². The van der Waals surface area contributed by atoms with Crippen molar-refractivity contribution in [1.82, 2.24) is 19.1 Å². The van der Waals surface area contributed by atoms with E-state index in [0.29, 0.717) is 22.9 Å². The highest BCUT2D eigenvalue weighted by Crippen LogP contribution is 2.55. The quantitative estimate of drug-likeness (QED) is 0.675. The largest absolute Gasteiger partial charge is 0.454 e. The number of hydrogen-bond acceptors (Lipinski definition) is 7. The predicted octanol–water partition coefficient (Wildman–Crippen LogP) is 3.48. The first kappa shape index (κ1) is 19.2. The minimum absolute atomic E-state index is 0.0722. The number of benzene rings is 1. The summed E-state index contributed by atoms with van der Waals surface area (Å²) in [6.45, 7) is 2.19. The van der Waals surface area contributed by atoms with Crippen molar-refractivity contribution in [2.75, 3.05) is 12.1 Å². The van der Waals surface area contributed by atoms with Gasteiger partial charge in [-0.1, -0.05) is 0 Å². The van der Waals surface area contributed by atoms with Crippen LogP contribution < -0.4 is 20.5 Å². The van der Waals surface area contributed by atoms with Crippen molar-refractivity contribution < 1.29 is 9.47 Å². The van der Waals surface area contributed by atoms with Crippen molar-refractivity contribution in [2.24, 2.45) is 12.5 Å². The van der Waals surface area contributed by atoms with Crippen LogP contribution in [-0.4, -0.2) is 25.9 Å². The highest BCUT2D eigenvalue weighted by atomic mass is 16.7. The topological polar surface area (TPSA) is 107 Å². The molecule has 4 aliphatic rings. The summed E-state index contributed by atoms with van der Waals surface area (Å²) in [4.78, 5) is 22.6. The SMILES string of the molecule is Cc1cc2c(cc1Nc1ncc3c(n1)n(C14CCC(C#N)(CC1)CC4)c(=O)n3C)OCO2. The lowest BCUT2D eigenvalue weighted by Crippen LogP contribution is -2.50. The molecule has 0 spiro atoms. The van der Waals surface area contributed by atoms with E-state index in [4.69, 9.17) is 14.5 Å². The number of nitriles is 1. The van der Waals surface area contributed by atoms with Crippen LogP contribution in [0.3, 0.4) is 0 Å². The average Bonchev–Trinajstić information content (AvgIpc) is 3.37. The summed E-state index contributed by atoms with van der Waals surface area (Å²) in [5.41, 5.74) is 2.58. The van der Waals surface area contributed by atoms with Gasteiger partial charge in [-0.3, -0.25) is 9.13 Å². The van der Waals surface area contributed by atoms with E-state index in [2.05, 4.69) is 16.4 Å². The third-order valence-corrected chi connectivity index (χ3v) is 7.69. The Morgan fingerprint density at radius 2 is 1.81 bits per heavy atom. The molecule has 3 aliphatic carbocycles. The Hall–Kier alpha value is -3.54. The van der Waals surface area contributed by atoms with Crippen LogP contribution >= 0.6 is 0 Å². The van der Waals surface area contributed by atoms with Gasteiger partial charge in [0.15, 0.2) is 17.1 Å². The zero-order valence-corrected chi connectivity index (χ0v) is 18.1. The first-order valence-electron chi connectivity index (χ1n) is 11.0. The molecule has 7 rings (SSSR count). The zero-order chi connectivity index (χ0) is 22.1. The first-order valence-corrected chi connectivity index (χ1v) is 11.0. The number of aryl methyl sites for hydroxylation is 2. The summed E-state index contributed by atoms with van der Waals surface area (Å²) >= 11 is 0. The molecule has 9 nitrogen and oxygen atoms in total. The summed E-state index contributed by atoms with van der Waals surface area (Å²) in [7, 11) is 1.77. The summed E-state index contributed by atoms with van der Waals surface area (Å²) in [6, 6.07) is 6.35.